The molecule has 0 saturated carbocycles. The van der Waals surface area contributed by atoms with E-state index in [2.05, 4.69) is 35.9 Å². The van der Waals surface area contributed by atoms with E-state index in [1.54, 1.807) is 0 Å². The first-order chi connectivity index (χ1) is 10.0. The molecule has 0 bridgehead atoms. The number of fused-ring (bicyclic) bond motifs is 1. The van der Waals surface area contributed by atoms with Gasteiger partial charge in [0.2, 0.25) is 5.95 Å². The molecule has 0 atom stereocenters. The van der Waals surface area contributed by atoms with E-state index in [9.17, 15) is 0 Å². The molecule has 4 heteroatoms. The fraction of sp³-hybridized carbons (Fsp3) is 0.412. The van der Waals surface area contributed by atoms with Crippen molar-refractivity contribution < 1.29 is 0 Å². The van der Waals surface area contributed by atoms with E-state index in [0.29, 0.717) is 5.92 Å². The Morgan fingerprint density at radius 1 is 1.24 bits per heavy atom. The smallest absolute Gasteiger partial charge is 0.226 e. The first kappa shape index (κ1) is 13.9. The van der Waals surface area contributed by atoms with Crippen LogP contribution in [0.15, 0.2) is 24.3 Å². The van der Waals surface area contributed by atoms with Crippen molar-refractivity contribution in [2.24, 2.45) is 0 Å². The predicted octanol–water partition coefficient (Wildman–Crippen LogP) is 3.05. The van der Waals surface area contributed by atoms with Crippen LogP contribution >= 0.6 is 0 Å². The normalized spacial score (nSPS) is 14.4. The van der Waals surface area contributed by atoms with Crippen LogP contribution in [0, 0.1) is 6.92 Å². The minimum absolute atomic E-state index is 0.415. The van der Waals surface area contributed by atoms with Gasteiger partial charge in [0.1, 0.15) is 0 Å². The second-order valence-electron chi connectivity index (χ2n) is 6.05. The predicted molar refractivity (Wildman–Crippen MR) is 86.5 cm³/mol. The minimum Gasteiger partial charge on any atom is -0.398 e. The summed E-state index contributed by atoms with van der Waals surface area (Å²) >= 11 is 0. The van der Waals surface area contributed by atoms with Gasteiger partial charge in [0.15, 0.2) is 0 Å². The summed E-state index contributed by atoms with van der Waals surface area (Å²) in [6, 6.07) is 8.23. The number of hydrogen-bond acceptors (Lipinski definition) is 4. The molecule has 21 heavy (non-hydrogen) atoms. The number of hydrogen-bond donors (Lipinski definition) is 1. The molecule has 0 aliphatic carbocycles. The van der Waals surface area contributed by atoms with Gasteiger partial charge in [0.05, 0.1) is 0 Å². The van der Waals surface area contributed by atoms with Gasteiger partial charge in [-0.05, 0) is 42.5 Å². The lowest BCUT2D eigenvalue weighted by atomic mass is 9.98. The van der Waals surface area contributed by atoms with Crippen LogP contribution in [0.3, 0.4) is 0 Å². The van der Waals surface area contributed by atoms with E-state index in [1.807, 2.05) is 19.1 Å². The molecule has 0 spiro atoms. The summed E-state index contributed by atoms with van der Waals surface area (Å²) < 4.78 is 0. The average Bonchev–Trinajstić information content (AvgIpc) is 2.46. The minimum atomic E-state index is 0.415. The van der Waals surface area contributed by atoms with Crippen molar-refractivity contribution >= 4 is 11.6 Å². The molecule has 1 aliphatic rings. The van der Waals surface area contributed by atoms with Crippen LogP contribution in [-0.4, -0.2) is 16.5 Å². The zero-order valence-corrected chi connectivity index (χ0v) is 12.9. The van der Waals surface area contributed by atoms with Gasteiger partial charge in [-0.2, -0.15) is 0 Å². The van der Waals surface area contributed by atoms with Crippen molar-refractivity contribution in [3.8, 4) is 0 Å². The second kappa shape index (κ2) is 5.35. The molecule has 1 aliphatic heterocycles. The number of aryl methyl sites for hydroxylation is 1. The highest BCUT2D eigenvalue weighted by Gasteiger charge is 2.20. The molecule has 0 saturated heterocycles. The molecule has 4 nitrogen and oxygen atoms in total. The molecule has 0 fully saturated rings. The SMILES string of the molecule is Cc1cc(C(C)C)nc(N2CCc3c(N)cccc3C2)n1. The Balaban J connectivity index is 1.93. The molecule has 0 radical (unpaired) electrons. The van der Waals surface area contributed by atoms with E-state index in [-0.39, 0.29) is 0 Å². The van der Waals surface area contributed by atoms with E-state index < -0.39 is 0 Å². The molecule has 2 aromatic rings. The van der Waals surface area contributed by atoms with E-state index in [1.165, 1.54) is 11.1 Å². The largest absolute Gasteiger partial charge is 0.398 e. The lowest BCUT2D eigenvalue weighted by Crippen LogP contribution is -2.32. The third-order valence-corrected chi connectivity index (χ3v) is 4.04. The first-order valence-corrected chi connectivity index (χ1v) is 7.51. The van der Waals surface area contributed by atoms with E-state index >= 15 is 0 Å². The van der Waals surface area contributed by atoms with Crippen LogP contribution in [0.5, 0.6) is 0 Å². The summed E-state index contributed by atoms with van der Waals surface area (Å²) in [4.78, 5) is 11.6. The maximum Gasteiger partial charge on any atom is 0.226 e. The fourth-order valence-electron chi connectivity index (χ4n) is 2.82. The van der Waals surface area contributed by atoms with Crippen molar-refractivity contribution in [1.82, 2.24) is 9.97 Å². The number of benzene rings is 1. The van der Waals surface area contributed by atoms with Gasteiger partial charge in [0, 0.05) is 30.2 Å². The highest BCUT2D eigenvalue weighted by Crippen LogP contribution is 2.27. The monoisotopic (exact) mass is 282 g/mol. The Morgan fingerprint density at radius 3 is 2.81 bits per heavy atom. The Hall–Kier alpha value is -2.10. The van der Waals surface area contributed by atoms with Gasteiger partial charge in [-0.3, -0.25) is 0 Å². The van der Waals surface area contributed by atoms with E-state index in [0.717, 1.165) is 42.5 Å². The molecule has 2 heterocycles. The van der Waals surface area contributed by atoms with Crippen molar-refractivity contribution in [1.29, 1.82) is 0 Å². The van der Waals surface area contributed by atoms with Crippen LogP contribution < -0.4 is 10.6 Å². The summed E-state index contributed by atoms with van der Waals surface area (Å²) in [7, 11) is 0. The summed E-state index contributed by atoms with van der Waals surface area (Å²) in [5, 5.41) is 0. The molecule has 0 amide bonds. The van der Waals surface area contributed by atoms with Gasteiger partial charge in [-0.15, -0.1) is 0 Å². The Bertz CT molecular complexity index is 664. The van der Waals surface area contributed by atoms with Gasteiger partial charge in [0.25, 0.3) is 0 Å². The highest BCUT2D eigenvalue weighted by atomic mass is 15.3. The quantitative estimate of drug-likeness (QED) is 0.860. The molecular weight excluding hydrogens is 260 g/mol. The van der Waals surface area contributed by atoms with Crippen molar-refractivity contribution in [3.05, 3.63) is 46.8 Å². The third kappa shape index (κ3) is 2.71. The Kier molecular flexibility index (Phi) is 3.53. The van der Waals surface area contributed by atoms with Gasteiger partial charge < -0.3 is 10.6 Å². The van der Waals surface area contributed by atoms with Crippen LogP contribution in [0.1, 0.15) is 42.3 Å². The number of rotatable bonds is 2. The van der Waals surface area contributed by atoms with Gasteiger partial charge in [-0.1, -0.05) is 26.0 Å². The summed E-state index contributed by atoms with van der Waals surface area (Å²) in [6.45, 7) is 8.12. The topological polar surface area (TPSA) is 55.0 Å². The number of nitrogens with two attached hydrogens (primary N) is 1. The van der Waals surface area contributed by atoms with Crippen LogP contribution in [0.2, 0.25) is 0 Å². The zero-order valence-electron chi connectivity index (χ0n) is 12.9. The summed E-state index contributed by atoms with van der Waals surface area (Å²) in [5.41, 5.74) is 11.7. The van der Waals surface area contributed by atoms with Crippen LogP contribution in [-0.2, 0) is 13.0 Å². The molecule has 0 unspecified atom stereocenters. The number of nitrogens with zero attached hydrogens (tertiary/aromatic N) is 3. The highest BCUT2D eigenvalue weighted by molar-refractivity contribution is 5.54. The second-order valence-corrected chi connectivity index (χ2v) is 6.05. The standard InChI is InChI=1S/C17H22N4/c1-11(2)16-9-12(3)19-17(20-16)21-8-7-14-13(10-21)5-4-6-15(14)18/h4-6,9,11H,7-8,10,18H2,1-3H3. The molecule has 1 aromatic heterocycles. The maximum absolute atomic E-state index is 6.06. The Labute approximate surface area is 126 Å². The van der Waals surface area contributed by atoms with Crippen molar-refractivity contribution in [2.45, 2.75) is 39.7 Å². The summed E-state index contributed by atoms with van der Waals surface area (Å²) in [5.74, 6) is 1.25. The van der Waals surface area contributed by atoms with Crippen molar-refractivity contribution in [3.63, 3.8) is 0 Å². The van der Waals surface area contributed by atoms with Crippen LogP contribution in [0.25, 0.3) is 0 Å². The lowest BCUT2D eigenvalue weighted by Gasteiger charge is -2.30. The zero-order chi connectivity index (χ0) is 15.0. The maximum atomic E-state index is 6.06. The fourth-order valence-corrected chi connectivity index (χ4v) is 2.82. The van der Waals surface area contributed by atoms with Crippen molar-refractivity contribution in [2.75, 3.05) is 17.2 Å². The van der Waals surface area contributed by atoms with Crippen LogP contribution in [0.4, 0.5) is 11.6 Å². The molecule has 110 valence electrons. The molecule has 1 aromatic carbocycles. The number of nitrogen functional groups attached to an aromatic ring is 1. The number of anilines is 2. The van der Waals surface area contributed by atoms with E-state index in [4.69, 9.17) is 10.7 Å². The van der Waals surface area contributed by atoms with Gasteiger partial charge in [-0.25, -0.2) is 9.97 Å². The molecule has 2 N–H and O–H groups in total. The first-order valence-electron chi connectivity index (χ1n) is 7.51. The molecule has 3 rings (SSSR count). The Morgan fingerprint density at radius 2 is 2.05 bits per heavy atom. The van der Waals surface area contributed by atoms with Gasteiger partial charge >= 0.3 is 0 Å². The lowest BCUT2D eigenvalue weighted by molar-refractivity contribution is 0.696. The summed E-state index contributed by atoms with van der Waals surface area (Å²) in [6.07, 6.45) is 0.955. The molecular formula is C17H22N4. The number of aromatic nitrogens is 2. The third-order valence-electron chi connectivity index (χ3n) is 4.04. The average molecular weight is 282 g/mol.